The van der Waals surface area contributed by atoms with Crippen LogP contribution in [0.5, 0.6) is 0 Å². The Balaban J connectivity index is 2.52. The van der Waals surface area contributed by atoms with Gasteiger partial charge in [0.25, 0.3) is 6.02 Å². The molecule has 4 heteroatoms. The molecule has 0 bridgehead atoms. The molecule has 11 heavy (non-hydrogen) atoms. The molecular weight excluding hydrogens is 144 g/mol. The van der Waals surface area contributed by atoms with E-state index in [4.69, 9.17) is 4.74 Å². The molecule has 0 amide bonds. The van der Waals surface area contributed by atoms with Crippen LogP contribution in [-0.2, 0) is 4.74 Å². The van der Waals surface area contributed by atoms with Gasteiger partial charge in [-0.05, 0) is 13.8 Å². The van der Waals surface area contributed by atoms with Crippen molar-refractivity contribution < 1.29 is 9.84 Å². The maximum atomic E-state index is 9.18. The number of hydrogen-bond acceptors (Lipinski definition) is 4. The van der Waals surface area contributed by atoms with Gasteiger partial charge in [0.1, 0.15) is 0 Å². The fourth-order valence-corrected chi connectivity index (χ4v) is 0.731. The highest BCUT2D eigenvalue weighted by molar-refractivity contribution is 5.76. The lowest BCUT2D eigenvalue weighted by Gasteiger charge is -2.15. The fourth-order valence-electron chi connectivity index (χ4n) is 0.731. The number of hydrogen-bond donors (Lipinski definition) is 2. The summed E-state index contributed by atoms with van der Waals surface area (Å²) in [6, 6.07) is 0.399. The number of nitrogens with one attached hydrogen (secondary N) is 1. The first-order valence-electron chi connectivity index (χ1n) is 3.57. The molecule has 0 saturated carbocycles. The fraction of sp³-hybridized carbons (Fsp3) is 0.571. The van der Waals surface area contributed by atoms with Gasteiger partial charge in [-0.1, -0.05) is 0 Å². The molecule has 1 rings (SSSR count). The lowest BCUT2D eigenvalue weighted by molar-refractivity contribution is 0.289. The zero-order valence-corrected chi connectivity index (χ0v) is 6.72. The van der Waals surface area contributed by atoms with Gasteiger partial charge in [-0.15, -0.1) is 0 Å². The smallest absolute Gasteiger partial charge is 0.291 e. The predicted molar refractivity (Wildman–Crippen MR) is 42.4 cm³/mol. The quantitative estimate of drug-likeness (QED) is 0.589. The monoisotopic (exact) mass is 156 g/mol. The van der Waals surface area contributed by atoms with Gasteiger partial charge < -0.3 is 9.84 Å². The van der Waals surface area contributed by atoms with Crippen LogP contribution < -0.4 is 5.32 Å². The zero-order chi connectivity index (χ0) is 8.27. The third-order valence-electron chi connectivity index (χ3n) is 1.37. The van der Waals surface area contributed by atoms with Crippen LogP contribution in [0.15, 0.2) is 16.4 Å². The number of aliphatic hydroxyl groups excluding tert-OH is 1. The first-order valence-corrected chi connectivity index (χ1v) is 3.57. The maximum Gasteiger partial charge on any atom is 0.291 e. The summed E-state index contributed by atoms with van der Waals surface area (Å²) in [5.74, 6) is 0.156. The van der Waals surface area contributed by atoms with E-state index in [1.165, 1.54) is 0 Å². The normalized spacial score (nSPS) is 17.5. The van der Waals surface area contributed by atoms with Gasteiger partial charge in [0.2, 0.25) is 0 Å². The maximum absolute atomic E-state index is 9.18. The van der Waals surface area contributed by atoms with Crippen molar-refractivity contribution in [3.63, 3.8) is 0 Å². The van der Waals surface area contributed by atoms with Crippen molar-refractivity contribution in [2.45, 2.75) is 13.8 Å². The van der Waals surface area contributed by atoms with Gasteiger partial charge in [-0.2, -0.15) is 0 Å². The molecule has 62 valence electrons. The first kappa shape index (κ1) is 7.91. The van der Waals surface area contributed by atoms with Crippen LogP contribution >= 0.6 is 0 Å². The highest BCUT2D eigenvalue weighted by atomic mass is 16.5. The van der Waals surface area contributed by atoms with Crippen LogP contribution in [0.2, 0.25) is 0 Å². The van der Waals surface area contributed by atoms with Crippen LogP contribution in [0.1, 0.15) is 13.8 Å². The molecule has 0 aromatic carbocycles. The minimum atomic E-state index is 0.156. The summed E-state index contributed by atoms with van der Waals surface area (Å²) in [5.41, 5.74) is 0.827. The number of aliphatic imine (C=N–C) groups is 1. The summed E-state index contributed by atoms with van der Waals surface area (Å²) < 4.78 is 5.05. The van der Waals surface area contributed by atoms with Crippen molar-refractivity contribution in [1.29, 1.82) is 0 Å². The van der Waals surface area contributed by atoms with Crippen molar-refractivity contribution in [1.82, 2.24) is 5.32 Å². The number of amidine groups is 1. The molecule has 1 aliphatic heterocycles. The van der Waals surface area contributed by atoms with E-state index in [0.29, 0.717) is 19.2 Å². The van der Waals surface area contributed by atoms with Crippen LogP contribution in [0.3, 0.4) is 0 Å². The Kier molecular flexibility index (Phi) is 2.36. The molecule has 0 unspecified atom stereocenters. The van der Waals surface area contributed by atoms with E-state index in [2.05, 4.69) is 10.3 Å². The Morgan fingerprint density at radius 3 is 3.00 bits per heavy atom. The van der Waals surface area contributed by atoms with Crippen LogP contribution in [0, 0.1) is 0 Å². The minimum Gasteiger partial charge on any atom is -0.494 e. The summed E-state index contributed by atoms with van der Waals surface area (Å²) in [6.07, 6.45) is 0. The SMILES string of the molecule is CCOC1=NCC(C)=C(O)N1. The van der Waals surface area contributed by atoms with Crippen LogP contribution in [-0.4, -0.2) is 24.3 Å². The summed E-state index contributed by atoms with van der Waals surface area (Å²) in [7, 11) is 0. The second kappa shape index (κ2) is 3.27. The highest BCUT2D eigenvalue weighted by Crippen LogP contribution is 2.03. The van der Waals surface area contributed by atoms with Gasteiger partial charge in [0.15, 0.2) is 5.88 Å². The van der Waals surface area contributed by atoms with E-state index in [9.17, 15) is 5.11 Å². The average molecular weight is 156 g/mol. The summed E-state index contributed by atoms with van der Waals surface area (Å²) in [5, 5.41) is 11.8. The number of nitrogens with zero attached hydrogens (tertiary/aromatic N) is 1. The summed E-state index contributed by atoms with van der Waals surface area (Å²) in [6.45, 7) is 4.74. The van der Waals surface area contributed by atoms with Crippen LogP contribution in [0.25, 0.3) is 0 Å². The van der Waals surface area contributed by atoms with Gasteiger partial charge in [0.05, 0.1) is 13.2 Å². The standard InChI is InChI=1S/C7H12N2O2/c1-3-11-7-8-4-5(2)6(10)9-7/h10H,3-4H2,1-2H3,(H,8,9). The minimum absolute atomic E-state index is 0.156. The van der Waals surface area contributed by atoms with Crippen molar-refractivity contribution in [2.24, 2.45) is 4.99 Å². The molecule has 0 radical (unpaired) electrons. The lowest BCUT2D eigenvalue weighted by atomic mass is 10.3. The van der Waals surface area contributed by atoms with E-state index in [0.717, 1.165) is 5.57 Å². The molecule has 2 N–H and O–H groups in total. The topological polar surface area (TPSA) is 53.9 Å². The van der Waals surface area contributed by atoms with E-state index in [-0.39, 0.29) is 5.88 Å². The molecule has 1 aliphatic rings. The van der Waals surface area contributed by atoms with E-state index in [1.807, 2.05) is 13.8 Å². The molecule has 0 saturated heterocycles. The molecule has 4 nitrogen and oxygen atoms in total. The Hall–Kier alpha value is -1.19. The van der Waals surface area contributed by atoms with Gasteiger partial charge in [-0.3, -0.25) is 5.32 Å². The Labute approximate surface area is 65.6 Å². The second-order valence-electron chi connectivity index (χ2n) is 2.31. The van der Waals surface area contributed by atoms with Gasteiger partial charge in [-0.25, -0.2) is 4.99 Å². The zero-order valence-electron chi connectivity index (χ0n) is 6.72. The third-order valence-corrected chi connectivity index (χ3v) is 1.37. The van der Waals surface area contributed by atoms with Crippen molar-refractivity contribution >= 4 is 6.02 Å². The molecule has 0 atom stereocenters. The van der Waals surface area contributed by atoms with E-state index >= 15 is 0 Å². The molecule has 0 fully saturated rings. The molecule has 1 heterocycles. The highest BCUT2D eigenvalue weighted by Gasteiger charge is 2.10. The Morgan fingerprint density at radius 2 is 2.45 bits per heavy atom. The molecule has 0 spiro atoms. The predicted octanol–water partition coefficient (Wildman–Crippen LogP) is 0.772. The van der Waals surface area contributed by atoms with Crippen LogP contribution in [0.4, 0.5) is 0 Å². The molecular formula is C7H12N2O2. The molecule has 0 aromatic heterocycles. The number of ether oxygens (including phenoxy) is 1. The van der Waals surface area contributed by atoms with Crippen molar-refractivity contribution in [3.8, 4) is 0 Å². The van der Waals surface area contributed by atoms with Crippen molar-refractivity contribution in [2.75, 3.05) is 13.2 Å². The first-order chi connectivity index (χ1) is 5.24. The van der Waals surface area contributed by atoms with E-state index in [1.54, 1.807) is 0 Å². The number of aliphatic hydroxyl groups is 1. The van der Waals surface area contributed by atoms with Gasteiger partial charge in [0, 0.05) is 5.57 Å². The Morgan fingerprint density at radius 1 is 1.73 bits per heavy atom. The average Bonchev–Trinajstić information content (AvgIpc) is 1.98. The van der Waals surface area contributed by atoms with Gasteiger partial charge >= 0.3 is 0 Å². The molecule has 0 aromatic rings. The summed E-state index contributed by atoms with van der Waals surface area (Å²) in [4.78, 5) is 4.02. The van der Waals surface area contributed by atoms with E-state index < -0.39 is 0 Å². The lowest BCUT2D eigenvalue weighted by Crippen LogP contribution is -2.30. The van der Waals surface area contributed by atoms with Crippen molar-refractivity contribution in [3.05, 3.63) is 11.5 Å². The molecule has 0 aliphatic carbocycles. The second-order valence-corrected chi connectivity index (χ2v) is 2.31. The Bertz CT molecular complexity index is 208. The number of rotatable bonds is 1. The third kappa shape index (κ3) is 1.86. The largest absolute Gasteiger partial charge is 0.494 e. The summed E-state index contributed by atoms with van der Waals surface area (Å²) >= 11 is 0.